The Labute approximate surface area is 276 Å². The van der Waals surface area contributed by atoms with Crippen LogP contribution in [0.3, 0.4) is 0 Å². The van der Waals surface area contributed by atoms with Crippen molar-refractivity contribution in [3.8, 4) is 34.2 Å². The summed E-state index contributed by atoms with van der Waals surface area (Å²) in [5.74, 6) is 0. The Bertz CT molecular complexity index is 2760. The van der Waals surface area contributed by atoms with Crippen molar-refractivity contribution in [3.05, 3.63) is 164 Å². The van der Waals surface area contributed by atoms with Crippen molar-refractivity contribution in [2.75, 3.05) is 0 Å². The predicted octanol–water partition coefficient (Wildman–Crippen LogP) is 10.6. The van der Waals surface area contributed by atoms with Crippen LogP contribution < -0.4 is 0 Å². The molecule has 10 rings (SSSR count). The fourth-order valence-electron chi connectivity index (χ4n) is 7.31. The third-order valence-corrected chi connectivity index (χ3v) is 9.38. The summed E-state index contributed by atoms with van der Waals surface area (Å²) in [6, 6.07) is 53.5. The molecule has 0 unspecified atom stereocenters. The highest BCUT2D eigenvalue weighted by atomic mass is 15.0. The van der Waals surface area contributed by atoms with Gasteiger partial charge in [-0.15, -0.1) is 0 Å². The van der Waals surface area contributed by atoms with Crippen LogP contribution in [0.15, 0.2) is 164 Å². The van der Waals surface area contributed by atoms with Crippen molar-refractivity contribution in [2.45, 2.75) is 0 Å². The topological polar surface area (TPSA) is 48.5 Å². The summed E-state index contributed by atoms with van der Waals surface area (Å²) in [5.41, 5.74) is 10.1. The van der Waals surface area contributed by atoms with Gasteiger partial charge in [0.2, 0.25) is 0 Å². The maximum absolute atomic E-state index is 5.07. The molecule has 0 aliphatic carbocycles. The van der Waals surface area contributed by atoms with E-state index in [1.165, 1.54) is 43.4 Å². The van der Waals surface area contributed by atoms with E-state index in [0.717, 1.165) is 45.2 Å². The first kappa shape index (κ1) is 26.6. The molecule has 5 nitrogen and oxygen atoms in total. The summed E-state index contributed by atoms with van der Waals surface area (Å²) >= 11 is 0. The van der Waals surface area contributed by atoms with Crippen LogP contribution in [0.1, 0.15) is 0 Å². The van der Waals surface area contributed by atoms with Gasteiger partial charge in [0.15, 0.2) is 0 Å². The molecule has 0 aliphatic rings. The van der Waals surface area contributed by atoms with E-state index < -0.39 is 0 Å². The van der Waals surface area contributed by atoms with Crippen LogP contribution >= 0.6 is 0 Å². The second-order valence-corrected chi connectivity index (χ2v) is 12.1. The zero-order valence-corrected chi connectivity index (χ0v) is 25.8. The van der Waals surface area contributed by atoms with Gasteiger partial charge in [0.1, 0.15) is 0 Å². The Morgan fingerprint density at radius 3 is 1.62 bits per heavy atom. The molecule has 224 valence electrons. The first-order valence-corrected chi connectivity index (χ1v) is 16.1. The molecular weight excluding hydrogens is 587 g/mol. The molecule has 0 N–H and O–H groups in total. The van der Waals surface area contributed by atoms with Crippen molar-refractivity contribution >= 4 is 54.4 Å². The van der Waals surface area contributed by atoms with E-state index in [0.29, 0.717) is 0 Å². The highest BCUT2D eigenvalue weighted by molar-refractivity contribution is 6.22. The van der Waals surface area contributed by atoms with Crippen molar-refractivity contribution < 1.29 is 0 Å². The fourth-order valence-corrected chi connectivity index (χ4v) is 7.31. The minimum atomic E-state index is 0.799. The average Bonchev–Trinajstić information content (AvgIpc) is 3.67. The molecule has 48 heavy (non-hydrogen) atoms. The molecule has 5 heterocycles. The van der Waals surface area contributed by atoms with Crippen LogP contribution in [0.5, 0.6) is 0 Å². The minimum Gasteiger partial charge on any atom is -0.309 e. The number of benzene rings is 5. The average molecular weight is 614 g/mol. The Morgan fingerprint density at radius 1 is 0.354 bits per heavy atom. The molecule has 0 bridgehead atoms. The molecule has 0 spiro atoms. The van der Waals surface area contributed by atoms with E-state index in [1.807, 2.05) is 48.8 Å². The van der Waals surface area contributed by atoms with E-state index in [-0.39, 0.29) is 0 Å². The lowest BCUT2D eigenvalue weighted by molar-refractivity contribution is 1.14. The monoisotopic (exact) mass is 613 g/mol. The van der Waals surface area contributed by atoms with E-state index >= 15 is 0 Å². The second kappa shape index (κ2) is 10.5. The Hall–Kier alpha value is -6.59. The molecule has 10 aromatic rings. The fraction of sp³-hybridized carbons (Fsp3) is 0. The van der Waals surface area contributed by atoms with Crippen LogP contribution in [0.2, 0.25) is 0 Å². The predicted molar refractivity (Wildman–Crippen MR) is 197 cm³/mol. The third kappa shape index (κ3) is 4.01. The maximum atomic E-state index is 5.07. The zero-order chi connectivity index (χ0) is 31.6. The van der Waals surface area contributed by atoms with E-state index in [9.17, 15) is 0 Å². The molecule has 0 fully saturated rings. The van der Waals surface area contributed by atoms with Gasteiger partial charge in [0.25, 0.3) is 0 Å². The molecule has 5 aromatic carbocycles. The quantitative estimate of drug-likeness (QED) is 0.198. The second-order valence-electron chi connectivity index (χ2n) is 12.1. The lowest BCUT2D eigenvalue weighted by Gasteiger charge is -2.14. The number of para-hydroxylation sites is 3. The van der Waals surface area contributed by atoms with Crippen molar-refractivity contribution in [1.29, 1.82) is 0 Å². The van der Waals surface area contributed by atoms with Crippen molar-refractivity contribution in [2.24, 2.45) is 0 Å². The summed E-state index contributed by atoms with van der Waals surface area (Å²) < 4.78 is 4.78. The highest BCUT2D eigenvalue weighted by Crippen LogP contribution is 2.41. The van der Waals surface area contributed by atoms with Gasteiger partial charge >= 0.3 is 0 Å². The molecule has 5 heteroatoms. The van der Waals surface area contributed by atoms with Gasteiger partial charge in [-0.2, -0.15) is 0 Å². The molecular formula is C43H27N5. The Kier molecular flexibility index (Phi) is 5.81. The molecule has 0 aliphatic heterocycles. The molecule has 0 atom stereocenters. The zero-order valence-electron chi connectivity index (χ0n) is 25.8. The summed E-state index contributed by atoms with van der Waals surface area (Å²) in [6.45, 7) is 0. The van der Waals surface area contributed by atoms with Gasteiger partial charge < -0.3 is 9.13 Å². The number of pyridine rings is 3. The van der Waals surface area contributed by atoms with Gasteiger partial charge in [0, 0.05) is 45.0 Å². The highest BCUT2D eigenvalue weighted by Gasteiger charge is 2.20. The van der Waals surface area contributed by atoms with Crippen LogP contribution in [0.4, 0.5) is 0 Å². The normalized spacial score (nSPS) is 11.8. The molecule has 0 saturated carbocycles. The van der Waals surface area contributed by atoms with Gasteiger partial charge in [-0.3, -0.25) is 9.97 Å². The van der Waals surface area contributed by atoms with Crippen LogP contribution in [0, 0.1) is 0 Å². The SMILES string of the molecule is c1ccc(-n2c3ccccc3c3cc4c(ccc5c6ccccc6n(-c6cc(-c7ccccn7)nc(-c7ccccn7)c6)c45)cc32)cc1. The number of aromatic nitrogens is 5. The van der Waals surface area contributed by atoms with Gasteiger partial charge in [-0.25, -0.2) is 4.98 Å². The number of nitrogens with zero attached hydrogens (tertiary/aromatic N) is 5. The van der Waals surface area contributed by atoms with E-state index in [2.05, 4.69) is 134 Å². The van der Waals surface area contributed by atoms with Gasteiger partial charge in [-0.05, 0) is 78.2 Å². The number of fused-ring (bicyclic) bond motifs is 8. The molecule has 5 aromatic heterocycles. The largest absolute Gasteiger partial charge is 0.309 e. The summed E-state index contributed by atoms with van der Waals surface area (Å²) in [6.07, 6.45) is 3.63. The molecule has 0 radical (unpaired) electrons. The van der Waals surface area contributed by atoms with Crippen LogP contribution in [-0.4, -0.2) is 24.1 Å². The smallest absolute Gasteiger partial charge is 0.0915 e. The third-order valence-electron chi connectivity index (χ3n) is 9.38. The molecule has 0 amide bonds. The maximum Gasteiger partial charge on any atom is 0.0915 e. The summed E-state index contributed by atoms with van der Waals surface area (Å²) in [4.78, 5) is 14.4. The number of rotatable bonds is 4. The van der Waals surface area contributed by atoms with E-state index in [4.69, 9.17) is 4.98 Å². The first-order valence-electron chi connectivity index (χ1n) is 16.1. The number of hydrogen-bond acceptors (Lipinski definition) is 3. The lowest BCUT2D eigenvalue weighted by Crippen LogP contribution is -2.00. The Balaban J connectivity index is 1.34. The van der Waals surface area contributed by atoms with E-state index in [1.54, 1.807) is 0 Å². The van der Waals surface area contributed by atoms with Crippen molar-refractivity contribution in [3.63, 3.8) is 0 Å². The van der Waals surface area contributed by atoms with Crippen LogP contribution in [-0.2, 0) is 0 Å². The summed E-state index contributed by atoms with van der Waals surface area (Å²) in [7, 11) is 0. The van der Waals surface area contributed by atoms with Gasteiger partial charge in [-0.1, -0.05) is 78.9 Å². The summed E-state index contributed by atoms with van der Waals surface area (Å²) in [5, 5.41) is 7.25. The number of hydrogen-bond donors (Lipinski definition) is 0. The minimum absolute atomic E-state index is 0.799. The Morgan fingerprint density at radius 2 is 0.958 bits per heavy atom. The van der Waals surface area contributed by atoms with Gasteiger partial charge in [0.05, 0.1) is 50.5 Å². The lowest BCUT2D eigenvalue weighted by atomic mass is 10.0. The van der Waals surface area contributed by atoms with Crippen molar-refractivity contribution in [1.82, 2.24) is 24.1 Å². The standard InChI is InChI=1S/C43H27N5/c1-2-12-29(13-3-1)47-40-18-6-5-15-32(40)35-27-34-28(24-42(35)47)20-21-33-31-14-4-7-19-41(31)48(43(33)34)30-25-38(36-16-8-10-22-44-36)46-39(26-30)37-17-9-11-23-45-37/h1-27H. The molecule has 0 saturated heterocycles. The van der Waals surface area contributed by atoms with Crippen LogP contribution in [0.25, 0.3) is 88.5 Å². The first-order chi connectivity index (χ1) is 23.8.